The number of hydrogen-bond donors (Lipinski definition) is 1. The molecule has 6 heteroatoms. The summed E-state index contributed by atoms with van der Waals surface area (Å²) in [4.78, 5) is 28.5. The number of anilines is 1. The SMILES string of the molecule is CN1Cc2c(NC(=O)N3CCC[C@H]3COc3ccccc3)cccc2C1=O. The average Bonchev–Trinajstić information content (AvgIpc) is 3.27. The highest BCUT2D eigenvalue weighted by atomic mass is 16.5. The number of benzene rings is 2. The molecule has 0 bridgehead atoms. The quantitative estimate of drug-likeness (QED) is 0.904. The Bertz CT molecular complexity index is 853. The Labute approximate surface area is 158 Å². The summed E-state index contributed by atoms with van der Waals surface area (Å²) in [5.74, 6) is 0.809. The molecule has 2 aliphatic rings. The third-order valence-corrected chi connectivity index (χ3v) is 5.21. The van der Waals surface area contributed by atoms with Crippen molar-refractivity contribution in [1.29, 1.82) is 0 Å². The molecular weight excluding hydrogens is 342 g/mol. The fourth-order valence-electron chi connectivity index (χ4n) is 3.76. The number of ether oxygens (including phenoxy) is 1. The van der Waals surface area contributed by atoms with Crippen LogP contribution in [0.15, 0.2) is 48.5 Å². The lowest BCUT2D eigenvalue weighted by atomic mass is 10.1. The van der Waals surface area contributed by atoms with Crippen molar-refractivity contribution in [1.82, 2.24) is 9.80 Å². The summed E-state index contributed by atoms with van der Waals surface area (Å²) < 4.78 is 5.85. The zero-order chi connectivity index (χ0) is 18.8. The number of urea groups is 1. The molecule has 3 amide bonds. The van der Waals surface area contributed by atoms with Gasteiger partial charge in [0.1, 0.15) is 12.4 Å². The van der Waals surface area contributed by atoms with Gasteiger partial charge in [0.25, 0.3) is 5.91 Å². The zero-order valence-corrected chi connectivity index (χ0v) is 15.4. The number of nitrogens with zero attached hydrogens (tertiary/aromatic N) is 2. The zero-order valence-electron chi connectivity index (χ0n) is 15.4. The van der Waals surface area contributed by atoms with Crippen molar-refractivity contribution in [2.75, 3.05) is 25.5 Å². The van der Waals surface area contributed by atoms with Crippen LogP contribution in [0.2, 0.25) is 0 Å². The smallest absolute Gasteiger partial charge is 0.322 e. The van der Waals surface area contributed by atoms with E-state index >= 15 is 0 Å². The fourth-order valence-corrected chi connectivity index (χ4v) is 3.76. The molecule has 1 atom stereocenters. The summed E-state index contributed by atoms with van der Waals surface area (Å²) in [6.45, 7) is 1.71. The molecule has 140 valence electrons. The minimum Gasteiger partial charge on any atom is -0.491 e. The highest BCUT2D eigenvalue weighted by molar-refractivity contribution is 6.01. The van der Waals surface area contributed by atoms with Gasteiger partial charge in [-0.1, -0.05) is 24.3 Å². The van der Waals surface area contributed by atoms with Crippen LogP contribution >= 0.6 is 0 Å². The van der Waals surface area contributed by atoms with E-state index in [1.807, 2.05) is 53.4 Å². The van der Waals surface area contributed by atoms with E-state index in [1.165, 1.54) is 0 Å². The minimum absolute atomic E-state index is 0.00332. The van der Waals surface area contributed by atoms with E-state index in [-0.39, 0.29) is 18.0 Å². The van der Waals surface area contributed by atoms with Gasteiger partial charge in [-0.25, -0.2) is 4.79 Å². The standard InChI is InChI=1S/C21H23N3O3/c1-23-13-18-17(20(23)25)10-5-11-19(18)22-21(26)24-12-6-7-15(24)14-27-16-8-3-2-4-9-16/h2-5,8-11,15H,6-7,12-14H2,1H3,(H,22,26)/t15-/m0/s1. The van der Waals surface area contributed by atoms with Gasteiger partial charge in [-0.2, -0.15) is 0 Å². The highest BCUT2D eigenvalue weighted by Gasteiger charge is 2.31. The number of carbonyl (C=O) groups excluding carboxylic acids is 2. The number of carbonyl (C=O) groups is 2. The Balaban J connectivity index is 1.43. The molecule has 1 fully saturated rings. The molecule has 2 aliphatic heterocycles. The van der Waals surface area contributed by atoms with Crippen LogP contribution in [0.25, 0.3) is 0 Å². The first-order chi connectivity index (χ1) is 13.1. The molecule has 0 spiro atoms. The third-order valence-electron chi connectivity index (χ3n) is 5.21. The van der Waals surface area contributed by atoms with Gasteiger partial charge in [0.15, 0.2) is 0 Å². The van der Waals surface area contributed by atoms with Gasteiger partial charge in [-0.15, -0.1) is 0 Å². The van der Waals surface area contributed by atoms with Crippen LogP contribution in [-0.2, 0) is 6.54 Å². The highest BCUT2D eigenvalue weighted by Crippen LogP contribution is 2.29. The van der Waals surface area contributed by atoms with Crippen LogP contribution in [0.5, 0.6) is 5.75 Å². The maximum absolute atomic E-state index is 12.9. The van der Waals surface area contributed by atoms with Crippen LogP contribution in [0.4, 0.5) is 10.5 Å². The topological polar surface area (TPSA) is 61.9 Å². The minimum atomic E-state index is -0.135. The van der Waals surface area contributed by atoms with Crippen LogP contribution in [-0.4, -0.2) is 48.0 Å². The van der Waals surface area contributed by atoms with E-state index in [1.54, 1.807) is 11.9 Å². The van der Waals surface area contributed by atoms with Gasteiger partial charge in [0, 0.05) is 37.0 Å². The summed E-state index contributed by atoms with van der Waals surface area (Å²) in [6.07, 6.45) is 1.89. The Kier molecular flexibility index (Phi) is 4.71. The lowest BCUT2D eigenvalue weighted by Crippen LogP contribution is -2.41. The predicted octanol–water partition coefficient (Wildman–Crippen LogP) is 3.35. The summed E-state index contributed by atoms with van der Waals surface area (Å²) in [7, 11) is 1.77. The van der Waals surface area contributed by atoms with Crippen LogP contribution < -0.4 is 10.1 Å². The molecule has 2 heterocycles. The maximum atomic E-state index is 12.9. The fraction of sp³-hybridized carbons (Fsp3) is 0.333. The molecular formula is C21H23N3O3. The monoisotopic (exact) mass is 365 g/mol. The van der Waals surface area contributed by atoms with Gasteiger partial charge in [-0.3, -0.25) is 4.79 Å². The Morgan fingerprint density at radius 1 is 1.19 bits per heavy atom. The molecule has 4 rings (SSSR count). The van der Waals surface area contributed by atoms with Crippen molar-refractivity contribution < 1.29 is 14.3 Å². The van der Waals surface area contributed by atoms with Crippen LogP contribution in [0.3, 0.4) is 0 Å². The van der Waals surface area contributed by atoms with Crippen LogP contribution in [0.1, 0.15) is 28.8 Å². The summed E-state index contributed by atoms with van der Waals surface area (Å²) in [5.41, 5.74) is 2.26. The molecule has 0 radical (unpaired) electrons. The molecule has 1 saturated heterocycles. The van der Waals surface area contributed by atoms with Crippen molar-refractivity contribution in [3.05, 3.63) is 59.7 Å². The van der Waals surface area contributed by atoms with E-state index in [9.17, 15) is 9.59 Å². The van der Waals surface area contributed by atoms with Crippen molar-refractivity contribution in [2.24, 2.45) is 0 Å². The maximum Gasteiger partial charge on any atom is 0.322 e. The third kappa shape index (κ3) is 3.47. The average molecular weight is 365 g/mol. The largest absolute Gasteiger partial charge is 0.491 e. The second-order valence-corrected chi connectivity index (χ2v) is 7.04. The van der Waals surface area contributed by atoms with E-state index < -0.39 is 0 Å². The van der Waals surface area contributed by atoms with Crippen molar-refractivity contribution in [3.63, 3.8) is 0 Å². The molecule has 27 heavy (non-hydrogen) atoms. The first-order valence-electron chi connectivity index (χ1n) is 9.26. The Morgan fingerprint density at radius 2 is 2.00 bits per heavy atom. The van der Waals surface area contributed by atoms with Gasteiger partial charge in [0.2, 0.25) is 0 Å². The lowest BCUT2D eigenvalue weighted by Gasteiger charge is -2.25. The number of para-hydroxylation sites is 1. The van der Waals surface area contributed by atoms with E-state index in [4.69, 9.17) is 4.74 Å². The number of amides is 3. The molecule has 0 saturated carbocycles. The van der Waals surface area contributed by atoms with Crippen LogP contribution in [0, 0.1) is 0 Å². The summed E-state index contributed by atoms with van der Waals surface area (Å²) in [5, 5.41) is 3.01. The second kappa shape index (κ2) is 7.31. The molecule has 1 N–H and O–H groups in total. The summed E-state index contributed by atoms with van der Waals surface area (Å²) >= 11 is 0. The first kappa shape index (κ1) is 17.4. The molecule has 0 aliphatic carbocycles. The molecule has 2 aromatic carbocycles. The number of likely N-dealkylation sites (tertiary alicyclic amines) is 1. The van der Waals surface area contributed by atoms with E-state index in [0.717, 1.165) is 24.2 Å². The molecule has 2 aromatic rings. The predicted molar refractivity (Wildman–Crippen MR) is 103 cm³/mol. The van der Waals surface area contributed by atoms with E-state index in [0.29, 0.717) is 30.9 Å². The van der Waals surface area contributed by atoms with Gasteiger partial charge in [0.05, 0.1) is 6.04 Å². The van der Waals surface area contributed by atoms with E-state index in [2.05, 4.69) is 5.32 Å². The van der Waals surface area contributed by atoms with Gasteiger partial charge in [-0.05, 0) is 37.1 Å². The molecule has 6 nitrogen and oxygen atoms in total. The van der Waals surface area contributed by atoms with Crippen molar-refractivity contribution in [3.8, 4) is 5.75 Å². The lowest BCUT2D eigenvalue weighted by molar-refractivity contribution is 0.0816. The number of nitrogens with one attached hydrogen (secondary N) is 1. The summed E-state index contributed by atoms with van der Waals surface area (Å²) in [6, 6.07) is 15.0. The second-order valence-electron chi connectivity index (χ2n) is 7.04. The number of hydrogen-bond acceptors (Lipinski definition) is 3. The van der Waals surface area contributed by atoms with Crippen molar-refractivity contribution >= 4 is 17.6 Å². The molecule has 0 unspecified atom stereocenters. The normalized spacial score (nSPS) is 18.6. The number of rotatable bonds is 4. The number of fused-ring (bicyclic) bond motifs is 1. The Hall–Kier alpha value is -3.02. The van der Waals surface area contributed by atoms with Gasteiger partial charge < -0.3 is 19.9 Å². The van der Waals surface area contributed by atoms with Gasteiger partial charge >= 0.3 is 6.03 Å². The Morgan fingerprint density at radius 3 is 2.81 bits per heavy atom. The molecule has 0 aromatic heterocycles. The van der Waals surface area contributed by atoms with Crippen molar-refractivity contribution in [2.45, 2.75) is 25.4 Å². The first-order valence-corrected chi connectivity index (χ1v) is 9.26.